The van der Waals surface area contributed by atoms with E-state index in [0.717, 1.165) is 4.90 Å². The van der Waals surface area contributed by atoms with E-state index in [2.05, 4.69) is 26.0 Å². The number of nitro benzene ring substituents is 1. The number of ether oxygens (including phenoxy) is 3. The Morgan fingerprint density at radius 1 is 1.18 bits per heavy atom. The number of furan rings is 1. The van der Waals surface area contributed by atoms with Crippen LogP contribution in [0.25, 0.3) is 6.08 Å². The first-order valence-electron chi connectivity index (χ1n) is 11.0. The summed E-state index contributed by atoms with van der Waals surface area (Å²) in [5.41, 5.74) is 0.836. The zero-order chi connectivity index (χ0) is 27.4. The summed E-state index contributed by atoms with van der Waals surface area (Å²) < 4.78 is 22.0. The number of nitrogens with one attached hydrogen (secondary N) is 1. The molecule has 1 aromatic heterocycles. The number of methoxy groups -OCH3 is 2. The fraction of sp³-hybridized carbons (Fsp3) is 0.160. The summed E-state index contributed by atoms with van der Waals surface area (Å²) in [7, 11) is 2.65. The standard InChI is InChI=1S/C25H20BrN3O9/c1-35-21-11-16(26)9-15(22(21)37-13-14-4-3-5-17(8-14)29(33)34)10-19-23(30)28(25(32)27-19)12-18-6-7-20(38-18)24(31)36-2/h3-11H,12-13H2,1-2H3,(H,27,32)/b19-10+. The van der Waals surface area contributed by atoms with Crippen LogP contribution in [0, 0.1) is 10.1 Å². The fourth-order valence-electron chi connectivity index (χ4n) is 3.62. The van der Waals surface area contributed by atoms with Crippen LogP contribution in [-0.4, -0.2) is 42.0 Å². The number of imide groups is 1. The van der Waals surface area contributed by atoms with Crippen LogP contribution >= 0.6 is 15.9 Å². The first-order valence-corrected chi connectivity index (χ1v) is 11.7. The molecule has 4 rings (SSSR count). The van der Waals surface area contributed by atoms with Crippen LogP contribution in [0.4, 0.5) is 10.5 Å². The molecule has 13 heteroatoms. The third-order valence-electron chi connectivity index (χ3n) is 5.40. The van der Waals surface area contributed by atoms with Gasteiger partial charge >= 0.3 is 12.0 Å². The number of hydrogen-bond acceptors (Lipinski definition) is 9. The summed E-state index contributed by atoms with van der Waals surface area (Å²) in [6, 6.07) is 11.5. The van der Waals surface area contributed by atoms with Gasteiger partial charge in [-0.05, 0) is 35.9 Å². The lowest BCUT2D eigenvalue weighted by Gasteiger charge is -2.15. The number of carbonyl (C=O) groups is 3. The van der Waals surface area contributed by atoms with Gasteiger partial charge in [-0.3, -0.25) is 19.8 Å². The first-order chi connectivity index (χ1) is 18.2. The number of halogens is 1. The molecule has 1 aliphatic rings. The molecule has 1 fully saturated rings. The van der Waals surface area contributed by atoms with Crippen molar-refractivity contribution in [3.8, 4) is 11.5 Å². The minimum atomic E-state index is -0.685. The Balaban J connectivity index is 1.59. The van der Waals surface area contributed by atoms with Crippen molar-refractivity contribution in [2.45, 2.75) is 13.2 Å². The molecule has 3 aromatic rings. The lowest BCUT2D eigenvalue weighted by molar-refractivity contribution is -0.384. The van der Waals surface area contributed by atoms with Crippen molar-refractivity contribution in [1.82, 2.24) is 10.2 Å². The molecule has 0 bridgehead atoms. The van der Waals surface area contributed by atoms with Gasteiger partial charge in [0.2, 0.25) is 5.76 Å². The monoisotopic (exact) mass is 585 g/mol. The molecule has 196 valence electrons. The fourth-order valence-corrected chi connectivity index (χ4v) is 4.07. The summed E-state index contributed by atoms with van der Waals surface area (Å²) in [4.78, 5) is 48.7. The molecular formula is C25H20BrN3O9. The van der Waals surface area contributed by atoms with Gasteiger partial charge in [0, 0.05) is 22.2 Å². The minimum absolute atomic E-state index is 0.0245. The average Bonchev–Trinajstić information content (AvgIpc) is 3.47. The van der Waals surface area contributed by atoms with Gasteiger partial charge in [-0.25, -0.2) is 9.59 Å². The molecule has 0 radical (unpaired) electrons. The molecule has 0 spiro atoms. The predicted octanol–water partition coefficient (Wildman–Crippen LogP) is 4.42. The van der Waals surface area contributed by atoms with E-state index in [1.165, 1.54) is 44.6 Å². The van der Waals surface area contributed by atoms with Crippen LogP contribution in [0.15, 0.2) is 63.1 Å². The van der Waals surface area contributed by atoms with Crippen LogP contribution in [0.2, 0.25) is 0 Å². The topological polar surface area (TPSA) is 150 Å². The zero-order valence-corrected chi connectivity index (χ0v) is 21.6. The molecule has 0 unspecified atom stereocenters. The normalized spacial score (nSPS) is 14.0. The summed E-state index contributed by atoms with van der Waals surface area (Å²) in [6.07, 6.45) is 1.43. The van der Waals surface area contributed by atoms with Crippen LogP contribution in [0.3, 0.4) is 0 Å². The Bertz CT molecular complexity index is 1460. The van der Waals surface area contributed by atoms with Crippen molar-refractivity contribution in [3.63, 3.8) is 0 Å². The van der Waals surface area contributed by atoms with E-state index in [-0.39, 0.29) is 41.8 Å². The minimum Gasteiger partial charge on any atom is -0.493 e. The molecule has 2 aromatic carbocycles. The molecule has 3 amide bonds. The van der Waals surface area contributed by atoms with Gasteiger partial charge in [-0.2, -0.15) is 0 Å². The highest BCUT2D eigenvalue weighted by Gasteiger charge is 2.35. The molecule has 0 aliphatic carbocycles. The summed E-state index contributed by atoms with van der Waals surface area (Å²) in [6.45, 7) is -0.236. The Morgan fingerprint density at radius 2 is 1.97 bits per heavy atom. The number of non-ortho nitro benzene ring substituents is 1. The van der Waals surface area contributed by atoms with Crippen molar-refractivity contribution in [1.29, 1.82) is 0 Å². The quantitative estimate of drug-likeness (QED) is 0.126. The molecule has 1 aliphatic heterocycles. The summed E-state index contributed by atoms with van der Waals surface area (Å²) >= 11 is 3.39. The highest BCUT2D eigenvalue weighted by atomic mass is 79.9. The van der Waals surface area contributed by atoms with E-state index in [9.17, 15) is 24.5 Å². The summed E-state index contributed by atoms with van der Waals surface area (Å²) in [5, 5.41) is 13.6. The van der Waals surface area contributed by atoms with Gasteiger partial charge in [0.15, 0.2) is 11.5 Å². The Morgan fingerprint density at radius 3 is 2.68 bits per heavy atom. The number of rotatable bonds is 9. The van der Waals surface area contributed by atoms with Crippen molar-refractivity contribution in [2.75, 3.05) is 14.2 Å². The first kappa shape index (κ1) is 26.4. The maximum Gasteiger partial charge on any atom is 0.373 e. The third-order valence-corrected chi connectivity index (χ3v) is 5.85. The smallest absolute Gasteiger partial charge is 0.373 e. The largest absolute Gasteiger partial charge is 0.493 e. The van der Waals surface area contributed by atoms with Crippen molar-refractivity contribution in [3.05, 3.63) is 91.5 Å². The lowest BCUT2D eigenvalue weighted by Crippen LogP contribution is -2.30. The maximum atomic E-state index is 13.0. The van der Waals surface area contributed by atoms with Gasteiger partial charge in [-0.15, -0.1) is 0 Å². The van der Waals surface area contributed by atoms with E-state index in [0.29, 0.717) is 21.3 Å². The van der Waals surface area contributed by atoms with E-state index in [1.54, 1.807) is 24.3 Å². The molecule has 0 atom stereocenters. The van der Waals surface area contributed by atoms with Crippen LogP contribution in [0.5, 0.6) is 11.5 Å². The highest BCUT2D eigenvalue weighted by Crippen LogP contribution is 2.37. The highest BCUT2D eigenvalue weighted by molar-refractivity contribution is 9.10. The van der Waals surface area contributed by atoms with E-state index in [1.807, 2.05) is 0 Å². The van der Waals surface area contributed by atoms with Crippen molar-refractivity contribution < 1.29 is 37.9 Å². The second-order valence-electron chi connectivity index (χ2n) is 7.88. The number of nitrogens with zero attached hydrogens (tertiary/aromatic N) is 2. The second kappa shape index (κ2) is 11.2. The van der Waals surface area contributed by atoms with E-state index >= 15 is 0 Å². The van der Waals surface area contributed by atoms with E-state index < -0.39 is 22.8 Å². The molecule has 12 nitrogen and oxygen atoms in total. The van der Waals surface area contributed by atoms with E-state index in [4.69, 9.17) is 13.9 Å². The molecule has 2 heterocycles. The van der Waals surface area contributed by atoms with Crippen molar-refractivity contribution in [2.24, 2.45) is 0 Å². The average molecular weight is 586 g/mol. The number of nitro groups is 1. The van der Waals surface area contributed by atoms with Gasteiger partial charge in [0.25, 0.3) is 11.6 Å². The maximum absolute atomic E-state index is 13.0. The SMILES string of the molecule is COC(=O)c1ccc(CN2C(=O)N/C(=C/c3cc(Br)cc(OC)c3OCc3cccc([N+](=O)[O-])c3)C2=O)o1. The van der Waals surface area contributed by atoms with Gasteiger partial charge < -0.3 is 23.9 Å². The molecule has 0 saturated carbocycles. The van der Waals surface area contributed by atoms with Gasteiger partial charge in [0.05, 0.1) is 25.7 Å². The number of hydrogen-bond donors (Lipinski definition) is 1. The van der Waals surface area contributed by atoms with Gasteiger partial charge in [0.1, 0.15) is 18.1 Å². The van der Waals surface area contributed by atoms with Crippen LogP contribution in [0.1, 0.15) is 27.4 Å². The zero-order valence-electron chi connectivity index (χ0n) is 20.1. The molecule has 1 saturated heterocycles. The number of esters is 1. The predicted molar refractivity (Wildman–Crippen MR) is 135 cm³/mol. The molecular weight excluding hydrogens is 566 g/mol. The third kappa shape index (κ3) is 5.67. The Labute approximate surface area is 224 Å². The number of urea groups is 1. The molecule has 1 N–H and O–H groups in total. The number of amides is 3. The Hall–Kier alpha value is -4.65. The second-order valence-corrected chi connectivity index (χ2v) is 8.79. The Kier molecular flexibility index (Phi) is 7.76. The van der Waals surface area contributed by atoms with Gasteiger partial charge in [-0.1, -0.05) is 28.1 Å². The number of benzene rings is 2. The number of carbonyl (C=O) groups excluding carboxylic acids is 3. The van der Waals surface area contributed by atoms with Crippen LogP contribution < -0.4 is 14.8 Å². The van der Waals surface area contributed by atoms with Crippen molar-refractivity contribution >= 4 is 45.6 Å². The lowest BCUT2D eigenvalue weighted by atomic mass is 10.1. The summed E-state index contributed by atoms with van der Waals surface area (Å²) in [5.74, 6) is -0.581. The van der Waals surface area contributed by atoms with Crippen LogP contribution in [-0.2, 0) is 22.7 Å². The molecule has 38 heavy (non-hydrogen) atoms.